The molecule has 0 saturated heterocycles. The fourth-order valence-electron chi connectivity index (χ4n) is 2.23. The molecule has 108 valence electrons. The Balaban J connectivity index is 2.16. The topological polar surface area (TPSA) is 74.7 Å². The third-order valence-corrected chi connectivity index (χ3v) is 4.91. The first-order valence-corrected chi connectivity index (χ1v) is 8.04. The molecule has 0 aliphatic rings. The first kappa shape index (κ1) is 14.8. The zero-order chi connectivity index (χ0) is 15.1. The number of hydrogen-bond acceptors (Lipinski definition) is 2. The van der Waals surface area contributed by atoms with Crippen LogP contribution < -0.4 is 11.4 Å². The van der Waals surface area contributed by atoms with E-state index in [1.807, 2.05) is 24.3 Å². The van der Waals surface area contributed by atoms with E-state index in [1.165, 1.54) is 0 Å². The zero-order valence-corrected chi connectivity index (χ0v) is 14.5. The van der Waals surface area contributed by atoms with Crippen molar-refractivity contribution >= 4 is 54.5 Å². The van der Waals surface area contributed by atoms with Gasteiger partial charge in [0.1, 0.15) is 0 Å². The minimum absolute atomic E-state index is 0.244. The van der Waals surface area contributed by atoms with Gasteiger partial charge in [-0.3, -0.25) is 0 Å². The van der Waals surface area contributed by atoms with Gasteiger partial charge in [0.15, 0.2) is 0 Å². The highest BCUT2D eigenvalue weighted by Crippen LogP contribution is 2.34. The second-order valence-corrected chi connectivity index (χ2v) is 6.79. The lowest BCUT2D eigenvalue weighted by molar-refractivity contribution is 0.862. The highest BCUT2D eigenvalue weighted by atomic mass is 79.9. The summed E-state index contributed by atoms with van der Waals surface area (Å²) in [7, 11) is 0. The molecule has 0 fully saturated rings. The van der Waals surface area contributed by atoms with E-state index in [4.69, 9.17) is 17.3 Å². The molecular weight excluding hydrogens is 421 g/mol. The maximum atomic E-state index is 11.4. The van der Waals surface area contributed by atoms with E-state index in [0.717, 1.165) is 25.6 Å². The van der Waals surface area contributed by atoms with Gasteiger partial charge >= 0.3 is 5.69 Å². The Kier molecular flexibility index (Phi) is 3.96. The minimum Gasteiger partial charge on any atom is -0.320 e. The van der Waals surface area contributed by atoms with Gasteiger partial charge in [-0.25, -0.2) is 4.79 Å². The van der Waals surface area contributed by atoms with Gasteiger partial charge in [0, 0.05) is 14.0 Å². The lowest BCUT2D eigenvalue weighted by Crippen LogP contribution is -2.13. The molecule has 0 radical (unpaired) electrons. The number of nitrogens with one attached hydrogen (secondary N) is 2. The van der Waals surface area contributed by atoms with E-state index >= 15 is 0 Å². The summed E-state index contributed by atoms with van der Waals surface area (Å²) in [6.07, 6.45) is 0. The van der Waals surface area contributed by atoms with Crippen molar-refractivity contribution in [1.29, 1.82) is 0 Å². The van der Waals surface area contributed by atoms with Gasteiger partial charge in [0.25, 0.3) is 0 Å². The molecule has 2 aromatic carbocycles. The maximum Gasteiger partial charge on any atom is 0.323 e. The van der Waals surface area contributed by atoms with E-state index in [-0.39, 0.29) is 11.7 Å². The lowest BCUT2D eigenvalue weighted by Gasteiger charge is -2.16. The van der Waals surface area contributed by atoms with Crippen LogP contribution in [-0.2, 0) is 0 Å². The highest BCUT2D eigenvalue weighted by Gasteiger charge is 2.17. The number of fused-ring (bicyclic) bond motifs is 1. The SMILES string of the molecule is NC(c1cc(Cl)ccc1Br)c1cc2[nH]c(=O)[nH]c2cc1Br. The van der Waals surface area contributed by atoms with Crippen molar-refractivity contribution in [1.82, 2.24) is 9.97 Å². The van der Waals surface area contributed by atoms with E-state index in [0.29, 0.717) is 10.5 Å². The molecule has 3 rings (SSSR count). The molecule has 0 aliphatic heterocycles. The monoisotopic (exact) mass is 429 g/mol. The van der Waals surface area contributed by atoms with Crippen LogP contribution in [0, 0.1) is 0 Å². The Morgan fingerprint density at radius 1 is 1.00 bits per heavy atom. The molecule has 0 amide bonds. The van der Waals surface area contributed by atoms with Crippen LogP contribution in [0.3, 0.4) is 0 Å². The number of benzene rings is 2. The summed E-state index contributed by atoms with van der Waals surface area (Å²) in [5, 5.41) is 0.621. The number of rotatable bonds is 2. The van der Waals surface area contributed by atoms with E-state index in [2.05, 4.69) is 41.8 Å². The molecule has 1 atom stereocenters. The summed E-state index contributed by atoms with van der Waals surface area (Å²) in [5.74, 6) is 0. The third-order valence-electron chi connectivity index (χ3n) is 3.26. The van der Waals surface area contributed by atoms with Gasteiger partial charge < -0.3 is 15.7 Å². The Morgan fingerprint density at radius 2 is 1.62 bits per heavy atom. The minimum atomic E-state index is -0.379. The largest absolute Gasteiger partial charge is 0.323 e. The molecule has 0 saturated carbocycles. The molecule has 7 heteroatoms. The third kappa shape index (κ3) is 2.81. The van der Waals surface area contributed by atoms with E-state index < -0.39 is 0 Å². The fraction of sp³-hybridized carbons (Fsp3) is 0.0714. The van der Waals surface area contributed by atoms with Crippen molar-refractivity contribution in [2.75, 3.05) is 0 Å². The van der Waals surface area contributed by atoms with Crippen LogP contribution in [0.1, 0.15) is 17.2 Å². The molecule has 1 heterocycles. The Hall–Kier alpha value is -1.08. The first-order chi connectivity index (χ1) is 9.95. The normalized spacial score (nSPS) is 12.8. The smallest absolute Gasteiger partial charge is 0.320 e. The van der Waals surface area contributed by atoms with Gasteiger partial charge in [0.2, 0.25) is 0 Å². The standard InChI is InChI=1S/C14H10Br2ClN3O/c15-9-2-1-6(17)3-7(9)13(18)8-4-11-12(5-10(8)16)20-14(21)19-11/h1-5,13H,18H2,(H2,19,20,21). The van der Waals surface area contributed by atoms with Crippen LogP contribution in [0.2, 0.25) is 5.02 Å². The lowest BCUT2D eigenvalue weighted by atomic mass is 9.99. The van der Waals surface area contributed by atoms with Crippen LogP contribution in [0.5, 0.6) is 0 Å². The average Bonchev–Trinajstić information content (AvgIpc) is 2.79. The maximum absolute atomic E-state index is 11.4. The molecule has 4 nitrogen and oxygen atoms in total. The molecule has 0 spiro atoms. The molecule has 0 bridgehead atoms. The van der Waals surface area contributed by atoms with Crippen LogP contribution in [0.15, 0.2) is 44.1 Å². The van der Waals surface area contributed by atoms with E-state index in [9.17, 15) is 4.79 Å². The van der Waals surface area contributed by atoms with Crippen molar-refractivity contribution < 1.29 is 0 Å². The number of nitrogens with two attached hydrogens (primary N) is 1. The van der Waals surface area contributed by atoms with Crippen molar-refractivity contribution in [2.24, 2.45) is 5.73 Å². The second-order valence-electron chi connectivity index (χ2n) is 4.64. The van der Waals surface area contributed by atoms with Crippen LogP contribution in [0.4, 0.5) is 0 Å². The number of halogens is 3. The molecular formula is C14H10Br2ClN3O. The highest BCUT2D eigenvalue weighted by molar-refractivity contribution is 9.10. The van der Waals surface area contributed by atoms with Crippen LogP contribution in [-0.4, -0.2) is 9.97 Å². The van der Waals surface area contributed by atoms with Crippen molar-refractivity contribution in [3.05, 3.63) is 65.9 Å². The summed E-state index contributed by atoms with van der Waals surface area (Å²) < 4.78 is 1.71. The Labute approximate surface area is 142 Å². The molecule has 0 aliphatic carbocycles. The number of aromatic amines is 2. The van der Waals surface area contributed by atoms with Crippen molar-refractivity contribution in [3.63, 3.8) is 0 Å². The van der Waals surface area contributed by atoms with E-state index in [1.54, 1.807) is 6.07 Å². The van der Waals surface area contributed by atoms with Gasteiger partial charge in [-0.15, -0.1) is 0 Å². The average molecular weight is 432 g/mol. The number of imidazole rings is 1. The number of hydrogen-bond donors (Lipinski definition) is 3. The van der Waals surface area contributed by atoms with Crippen LogP contribution >= 0.6 is 43.5 Å². The fourth-order valence-corrected chi connectivity index (χ4v) is 3.50. The molecule has 1 unspecified atom stereocenters. The Bertz CT molecular complexity index is 888. The number of aromatic nitrogens is 2. The second kappa shape index (κ2) is 5.61. The van der Waals surface area contributed by atoms with Crippen molar-refractivity contribution in [2.45, 2.75) is 6.04 Å². The summed E-state index contributed by atoms with van der Waals surface area (Å²) in [6, 6.07) is 8.80. The predicted molar refractivity (Wildman–Crippen MR) is 91.8 cm³/mol. The van der Waals surface area contributed by atoms with Gasteiger partial charge in [-0.1, -0.05) is 43.5 Å². The Morgan fingerprint density at radius 3 is 2.33 bits per heavy atom. The first-order valence-electron chi connectivity index (χ1n) is 6.07. The molecule has 3 aromatic rings. The summed E-state index contributed by atoms with van der Waals surface area (Å²) >= 11 is 13.0. The molecule has 4 N–H and O–H groups in total. The van der Waals surface area contributed by atoms with Crippen LogP contribution in [0.25, 0.3) is 11.0 Å². The molecule has 1 aromatic heterocycles. The van der Waals surface area contributed by atoms with Crippen molar-refractivity contribution in [3.8, 4) is 0 Å². The molecule has 21 heavy (non-hydrogen) atoms. The zero-order valence-electron chi connectivity index (χ0n) is 10.6. The van der Waals surface area contributed by atoms with Gasteiger partial charge in [0.05, 0.1) is 17.1 Å². The van der Waals surface area contributed by atoms with Gasteiger partial charge in [-0.2, -0.15) is 0 Å². The summed E-state index contributed by atoms with van der Waals surface area (Å²) in [6.45, 7) is 0. The summed E-state index contributed by atoms with van der Waals surface area (Å²) in [4.78, 5) is 16.8. The predicted octanol–water partition coefficient (Wildman–Crippen LogP) is 4.08. The number of H-pyrrole nitrogens is 2. The summed E-state index contributed by atoms with van der Waals surface area (Å²) in [5.41, 5.74) is 9.30. The van der Waals surface area contributed by atoms with Gasteiger partial charge in [-0.05, 0) is 41.5 Å². The quantitative estimate of drug-likeness (QED) is 0.572.